The van der Waals surface area contributed by atoms with E-state index in [9.17, 15) is 13.2 Å². The molecule has 1 amide bonds. The molecule has 0 N–H and O–H groups in total. The van der Waals surface area contributed by atoms with Crippen LogP contribution >= 0.6 is 27.3 Å². The third-order valence-electron chi connectivity index (χ3n) is 5.32. The zero-order valence-corrected chi connectivity index (χ0v) is 18.0. The molecule has 144 valence electrons. The minimum absolute atomic E-state index is 0.0803. The van der Waals surface area contributed by atoms with E-state index in [1.165, 1.54) is 26.8 Å². The number of carbonyl (C=O) groups excluding carboxylic acids is 1. The first-order valence-corrected chi connectivity index (χ1v) is 12.1. The zero-order chi connectivity index (χ0) is 19.0. The van der Waals surface area contributed by atoms with Crippen molar-refractivity contribution >= 4 is 43.2 Å². The first kappa shape index (κ1) is 19.1. The highest BCUT2D eigenvalue weighted by Gasteiger charge is 2.36. The van der Waals surface area contributed by atoms with Crippen LogP contribution in [0.2, 0.25) is 0 Å². The standard InChI is InChI=1S/C19H21BrN2O3S2/c20-17-7-8-18(26-17)27(24,25)22-10-3-6-16(13-22)19(23)21-11-9-14-4-1-2-5-15(14)12-21/h1-2,4-5,7-8,16H,3,6,9-13H2/t16-/m0/s1. The minimum Gasteiger partial charge on any atom is -0.338 e. The fourth-order valence-electron chi connectivity index (χ4n) is 3.87. The number of hydrogen-bond acceptors (Lipinski definition) is 4. The Morgan fingerprint density at radius 2 is 1.89 bits per heavy atom. The van der Waals surface area contributed by atoms with E-state index in [-0.39, 0.29) is 18.4 Å². The highest BCUT2D eigenvalue weighted by molar-refractivity contribution is 9.11. The summed E-state index contributed by atoms with van der Waals surface area (Å²) in [7, 11) is -3.54. The maximum Gasteiger partial charge on any atom is 0.252 e. The van der Waals surface area contributed by atoms with Gasteiger partial charge in [-0.1, -0.05) is 24.3 Å². The summed E-state index contributed by atoms with van der Waals surface area (Å²) in [6.45, 7) is 2.08. The van der Waals surface area contributed by atoms with Crippen molar-refractivity contribution < 1.29 is 13.2 Å². The lowest BCUT2D eigenvalue weighted by Gasteiger charge is -2.36. The summed E-state index contributed by atoms with van der Waals surface area (Å²) in [5, 5.41) is 0. The van der Waals surface area contributed by atoms with Crippen molar-refractivity contribution in [1.29, 1.82) is 0 Å². The Morgan fingerprint density at radius 1 is 1.11 bits per heavy atom. The van der Waals surface area contributed by atoms with Gasteiger partial charge in [0.1, 0.15) is 4.21 Å². The van der Waals surface area contributed by atoms with Gasteiger partial charge < -0.3 is 4.90 Å². The second kappa shape index (κ2) is 7.66. The van der Waals surface area contributed by atoms with Crippen LogP contribution in [-0.4, -0.2) is 43.2 Å². The number of amides is 1. The molecule has 5 nitrogen and oxygen atoms in total. The van der Waals surface area contributed by atoms with Gasteiger partial charge >= 0.3 is 0 Å². The lowest BCUT2D eigenvalue weighted by molar-refractivity contribution is -0.137. The molecule has 27 heavy (non-hydrogen) atoms. The van der Waals surface area contributed by atoms with Gasteiger partial charge in [0.2, 0.25) is 5.91 Å². The lowest BCUT2D eigenvalue weighted by atomic mass is 9.95. The molecule has 2 aliphatic heterocycles. The fraction of sp³-hybridized carbons (Fsp3) is 0.421. The predicted molar refractivity (Wildman–Crippen MR) is 109 cm³/mol. The van der Waals surface area contributed by atoms with Crippen LogP contribution in [0.25, 0.3) is 0 Å². The Labute approximate surface area is 172 Å². The van der Waals surface area contributed by atoms with Crippen LogP contribution in [0.1, 0.15) is 24.0 Å². The summed E-state index contributed by atoms with van der Waals surface area (Å²) in [5.41, 5.74) is 2.50. The van der Waals surface area contributed by atoms with Crippen molar-refractivity contribution in [2.75, 3.05) is 19.6 Å². The predicted octanol–water partition coefficient (Wildman–Crippen LogP) is 3.50. The summed E-state index contributed by atoms with van der Waals surface area (Å²) in [6.07, 6.45) is 2.32. The molecule has 2 aromatic rings. The molecule has 1 aromatic carbocycles. The molecule has 0 unspecified atom stereocenters. The van der Waals surface area contributed by atoms with Crippen LogP contribution in [-0.2, 0) is 27.8 Å². The fourth-order valence-corrected chi connectivity index (χ4v) is 7.56. The van der Waals surface area contributed by atoms with E-state index < -0.39 is 10.0 Å². The zero-order valence-electron chi connectivity index (χ0n) is 14.8. The van der Waals surface area contributed by atoms with Crippen molar-refractivity contribution in [3.05, 3.63) is 51.3 Å². The molecular weight excluding hydrogens is 448 g/mol. The first-order chi connectivity index (χ1) is 12.9. The van der Waals surface area contributed by atoms with Gasteiger partial charge in [0.05, 0.1) is 9.70 Å². The van der Waals surface area contributed by atoms with Gasteiger partial charge in [0, 0.05) is 26.2 Å². The number of fused-ring (bicyclic) bond motifs is 1. The van der Waals surface area contributed by atoms with Crippen LogP contribution < -0.4 is 0 Å². The quantitative estimate of drug-likeness (QED) is 0.692. The molecule has 0 spiro atoms. The molecule has 1 fully saturated rings. The normalized spacial score (nSPS) is 21.1. The number of thiophene rings is 1. The van der Waals surface area contributed by atoms with Crippen LogP contribution in [0.15, 0.2) is 44.4 Å². The van der Waals surface area contributed by atoms with E-state index in [0.29, 0.717) is 30.3 Å². The third-order valence-corrected chi connectivity index (χ3v) is 9.27. The van der Waals surface area contributed by atoms with Gasteiger partial charge in [0.15, 0.2) is 0 Å². The Balaban J connectivity index is 1.48. The molecule has 1 saturated heterocycles. The van der Waals surface area contributed by atoms with Crippen LogP contribution in [0, 0.1) is 5.92 Å². The molecule has 1 atom stereocenters. The SMILES string of the molecule is O=C([C@H]1CCCN(S(=O)(=O)c2ccc(Br)s2)C1)N1CCc2ccccc2C1. The molecule has 2 aliphatic rings. The van der Waals surface area contributed by atoms with Crippen LogP contribution in [0.5, 0.6) is 0 Å². The number of carbonyl (C=O) groups is 1. The Morgan fingerprint density at radius 3 is 2.63 bits per heavy atom. The Kier molecular flexibility index (Phi) is 5.42. The van der Waals surface area contributed by atoms with E-state index >= 15 is 0 Å². The monoisotopic (exact) mass is 468 g/mol. The Bertz CT molecular complexity index is 957. The van der Waals surface area contributed by atoms with Gasteiger partial charge in [0.25, 0.3) is 10.0 Å². The number of rotatable bonds is 3. The Hall–Kier alpha value is -1.22. The van der Waals surface area contributed by atoms with Crippen molar-refractivity contribution in [2.45, 2.75) is 30.0 Å². The van der Waals surface area contributed by atoms with E-state index in [1.54, 1.807) is 12.1 Å². The van der Waals surface area contributed by atoms with E-state index in [1.807, 2.05) is 17.0 Å². The highest BCUT2D eigenvalue weighted by Crippen LogP contribution is 2.31. The average molecular weight is 469 g/mol. The number of benzene rings is 1. The smallest absolute Gasteiger partial charge is 0.252 e. The van der Waals surface area contributed by atoms with Crippen LogP contribution in [0.3, 0.4) is 0 Å². The van der Waals surface area contributed by atoms with Gasteiger partial charge in [-0.15, -0.1) is 11.3 Å². The number of sulfonamides is 1. The third kappa shape index (κ3) is 3.85. The van der Waals surface area contributed by atoms with Crippen molar-refractivity contribution in [3.8, 4) is 0 Å². The summed E-state index contributed by atoms with van der Waals surface area (Å²) >= 11 is 4.53. The maximum atomic E-state index is 13.1. The van der Waals surface area contributed by atoms with Crippen molar-refractivity contribution in [1.82, 2.24) is 9.21 Å². The van der Waals surface area contributed by atoms with Gasteiger partial charge in [-0.2, -0.15) is 4.31 Å². The minimum atomic E-state index is -3.54. The van der Waals surface area contributed by atoms with E-state index in [2.05, 4.69) is 28.1 Å². The molecule has 1 aromatic heterocycles. The molecule has 0 saturated carbocycles. The van der Waals surface area contributed by atoms with Gasteiger partial charge in [-0.25, -0.2) is 8.42 Å². The number of halogens is 1. The number of piperidine rings is 1. The summed E-state index contributed by atoms with van der Waals surface area (Å²) in [6, 6.07) is 11.6. The molecule has 4 rings (SSSR count). The molecule has 8 heteroatoms. The molecule has 0 radical (unpaired) electrons. The maximum absolute atomic E-state index is 13.1. The first-order valence-electron chi connectivity index (χ1n) is 9.06. The molecular formula is C19H21BrN2O3S2. The largest absolute Gasteiger partial charge is 0.338 e. The summed E-state index contributed by atoms with van der Waals surface area (Å²) in [4.78, 5) is 15.0. The number of nitrogens with zero attached hydrogens (tertiary/aromatic N) is 2. The van der Waals surface area contributed by atoms with E-state index in [4.69, 9.17) is 0 Å². The second-order valence-electron chi connectivity index (χ2n) is 7.04. The molecule has 0 aliphatic carbocycles. The number of hydrogen-bond donors (Lipinski definition) is 0. The average Bonchev–Trinajstić information content (AvgIpc) is 3.14. The topological polar surface area (TPSA) is 57.7 Å². The summed E-state index contributed by atoms with van der Waals surface area (Å²) < 4.78 is 28.4. The van der Waals surface area contributed by atoms with Gasteiger partial charge in [-0.05, 0) is 58.5 Å². The van der Waals surface area contributed by atoms with Crippen LogP contribution in [0.4, 0.5) is 0 Å². The lowest BCUT2D eigenvalue weighted by Crippen LogP contribution is -2.47. The highest BCUT2D eigenvalue weighted by atomic mass is 79.9. The molecule has 3 heterocycles. The van der Waals surface area contributed by atoms with Crippen molar-refractivity contribution in [3.63, 3.8) is 0 Å². The molecule has 0 bridgehead atoms. The second-order valence-corrected chi connectivity index (χ2v) is 11.7. The van der Waals surface area contributed by atoms with Gasteiger partial charge in [-0.3, -0.25) is 4.79 Å². The van der Waals surface area contributed by atoms with E-state index in [0.717, 1.165) is 16.6 Å². The summed E-state index contributed by atoms with van der Waals surface area (Å²) in [5.74, 6) is -0.182. The van der Waals surface area contributed by atoms with Crippen molar-refractivity contribution in [2.24, 2.45) is 5.92 Å².